The van der Waals surface area contributed by atoms with Gasteiger partial charge in [0.15, 0.2) is 0 Å². The number of methoxy groups -OCH3 is 1. The summed E-state index contributed by atoms with van der Waals surface area (Å²) < 4.78 is 4.81. The summed E-state index contributed by atoms with van der Waals surface area (Å²) in [4.78, 5) is 23.3. The maximum Gasteiger partial charge on any atom is 0.251 e. The Morgan fingerprint density at radius 3 is 2.32 bits per heavy atom. The Hall–Kier alpha value is -1.88. The molecule has 0 aromatic heterocycles. The molecule has 19 heavy (non-hydrogen) atoms. The third-order valence-corrected chi connectivity index (χ3v) is 2.52. The smallest absolute Gasteiger partial charge is 0.251 e. The lowest BCUT2D eigenvalue weighted by Gasteiger charge is -2.08. The number of benzene rings is 1. The molecular formula is C14H20N2O3. The van der Waals surface area contributed by atoms with E-state index in [9.17, 15) is 9.59 Å². The van der Waals surface area contributed by atoms with Gasteiger partial charge in [0, 0.05) is 19.2 Å². The van der Waals surface area contributed by atoms with Crippen LogP contribution < -0.4 is 10.6 Å². The summed E-state index contributed by atoms with van der Waals surface area (Å²) in [5.74, 6) is -0.469. The zero-order chi connectivity index (χ0) is 14.3. The first kappa shape index (κ1) is 15.2. The number of carbonyl (C=O) groups excluding carboxylic acids is 2. The minimum absolute atomic E-state index is 0.0322. The second-order valence-electron chi connectivity index (χ2n) is 4.40. The molecule has 0 atom stereocenters. The van der Waals surface area contributed by atoms with Crippen LogP contribution in [0.3, 0.4) is 0 Å². The van der Waals surface area contributed by atoms with Crippen LogP contribution in [0.1, 0.15) is 21.5 Å². The zero-order valence-corrected chi connectivity index (χ0v) is 11.6. The van der Waals surface area contributed by atoms with E-state index in [1.807, 2.05) is 19.9 Å². The third-order valence-electron chi connectivity index (χ3n) is 2.52. The van der Waals surface area contributed by atoms with Gasteiger partial charge in [-0.05, 0) is 26.0 Å². The van der Waals surface area contributed by atoms with Crippen LogP contribution in [0.25, 0.3) is 0 Å². The van der Waals surface area contributed by atoms with Crippen molar-refractivity contribution in [2.75, 3.05) is 26.8 Å². The molecule has 0 spiro atoms. The normalized spacial score (nSPS) is 10.1. The monoisotopic (exact) mass is 264 g/mol. The van der Waals surface area contributed by atoms with Crippen LogP contribution in [0.5, 0.6) is 0 Å². The largest absolute Gasteiger partial charge is 0.383 e. The predicted molar refractivity (Wildman–Crippen MR) is 73.1 cm³/mol. The van der Waals surface area contributed by atoms with E-state index in [4.69, 9.17) is 4.74 Å². The standard InChI is InChI=1S/C14H20N2O3/c1-10-6-11(2)8-12(7-10)14(18)16-9-13(17)15-4-5-19-3/h6-8H,4-5,9H2,1-3H3,(H,15,17)(H,16,18). The highest BCUT2D eigenvalue weighted by molar-refractivity contribution is 5.96. The molecule has 5 nitrogen and oxygen atoms in total. The number of carbonyl (C=O) groups is 2. The van der Waals surface area contributed by atoms with Crippen molar-refractivity contribution >= 4 is 11.8 Å². The van der Waals surface area contributed by atoms with Crippen molar-refractivity contribution in [3.63, 3.8) is 0 Å². The van der Waals surface area contributed by atoms with Gasteiger partial charge < -0.3 is 15.4 Å². The summed E-state index contributed by atoms with van der Waals surface area (Å²) in [5.41, 5.74) is 2.62. The van der Waals surface area contributed by atoms with Gasteiger partial charge in [-0.2, -0.15) is 0 Å². The van der Waals surface area contributed by atoms with E-state index >= 15 is 0 Å². The van der Waals surface area contributed by atoms with E-state index in [0.717, 1.165) is 11.1 Å². The SMILES string of the molecule is COCCNC(=O)CNC(=O)c1cc(C)cc(C)c1. The number of hydrogen-bond acceptors (Lipinski definition) is 3. The predicted octanol–water partition coefficient (Wildman–Crippen LogP) is 0.796. The third kappa shape index (κ3) is 5.52. The quantitative estimate of drug-likeness (QED) is 0.747. The average Bonchev–Trinajstić information content (AvgIpc) is 2.35. The Bertz CT molecular complexity index is 438. The van der Waals surface area contributed by atoms with Crippen LogP contribution in [-0.2, 0) is 9.53 Å². The van der Waals surface area contributed by atoms with Crippen molar-refractivity contribution in [1.29, 1.82) is 0 Å². The first-order chi connectivity index (χ1) is 9.02. The lowest BCUT2D eigenvalue weighted by Crippen LogP contribution is -2.38. The molecule has 0 unspecified atom stereocenters. The first-order valence-corrected chi connectivity index (χ1v) is 6.15. The molecule has 1 rings (SSSR count). The molecule has 0 aliphatic heterocycles. The van der Waals surface area contributed by atoms with Crippen molar-refractivity contribution in [2.24, 2.45) is 0 Å². The van der Waals surface area contributed by atoms with Gasteiger partial charge >= 0.3 is 0 Å². The summed E-state index contributed by atoms with van der Waals surface area (Å²) in [7, 11) is 1.56. The molecule has 104 valence electrons. The van der Waals surface area contributed by atoms with Gasteiger partial charge in [0.05, 0.1) is 13.2 Å². The van der Waals surface area contributed by atoms with Crippen LogP contribution in [0.15, 0.2) is 18.2 Å². The molecule has 2 N–H and O–H groups in total. The van der Waals surface area contributed by atoms with Crippen LogP contribution in [-0.4, -0.2) is 38.6 Å². The van der Waals surface area contributed by atoms with E-state index in [1.54, 1.807) is 19.2 Å². The maximum atomic E-state index is 11.9. The highest BCUT2D eigenvalue weighted by atomic mass is 16.5. The number of hydrogen-bond donors (Lipinski definition) is 2. The molecule has 0 heterocycles. The molecule has 5 heteroatoms. The van der Waals surface area contributed by atoms with Crippen molar-refractivity contribution in [3.05, 3.63) is 34.9 Å². The minimum Gasteiger partial charge on any atom is -0.383 e. The number of ether oxygens (including phenoxy) is 1. The highest BCUT2D eigenvalue weighted by Crippen LogP contribution is 2.08. The van der Waals surface area contributed by atoms with E-state index in [0.29, 0.717) is 18.7 Å². The molecule has 0 fully saturated rings. The van der Waals surface area contributed by atoms with Gasteiger partial charge in [-0.25, -0.2) is 0 Å². The maximum absolute atomic E-state index is 11.9. The fourth-order valence-electron chi connectivity index (χ4n) is 1.72. The second kappa shape index (κ2) is 7.53. The Labute approximate surface area is 113 Å². The van der Waals surface area contributed by atoms with Gasteiger partial charge in [-0.3, -0.25) is 9.59 Å². The summed E-state index contributed by atoms with van der Waals surface area (Å²) in [6.07, 6.45) is 0. The summed E-state index contributed by atoms with van der Waals surface area (Å²) in [6.45, 7) is 4.73. The molecule has 0 saturated carbocycles. The highest BCUT2D eigenvalue weighted by Gasteiger charge is 2.08. The van der Waals surface area contributed by atoms with Crippen molar-refractivity contribution in [2.45, 2.75) is 13.8 Å². The summed E-state index contributed by atoms with van der Waals surface area (Å²) >= 11 is 0. The van der Waals surface area contributed by atoms with Crippen molar-refractivity contribution in [3.8, 4) is 0 Å². The van der Waals surface area contributed by atoms with Gasteiger partial charge in [0.25, 0.3) is 5.91 Å². The summed E-state index contributed by atoms with van der Waals surface area (Å²) in [6, 6.07) is 5.59. The number of nitrogens with one attached hydrogen (secondary N) is 2. The van der Waals surface area contributed by atoms with Gasteiger partial charge in [-0.15, -0.1) is 0 Å². The van der Waals surface area contributed by atoms with E-state index in [1.165, 1.54) is 0 Å². The van der Waals surface area contributed by atoms with Gasteiger partial charge in [0.2, 0.25) is 5.91 Å². The van der Waals surface area contributed by atoms with Crippen LogP contribution in [0.2, 0.25) is 0 Å². The molecule has 0 radical (unpaired) electrons. The molecule has 0 saturated heterocycles. The van der Waals surface area contributed by atoms with Gasteiger partial charge in [0.1, 0.15) is 0 Å². The molecule has 0 aliphatic rings. The Balaban J connectivity index is 2.44. The Kier molecular flexibility index (Phi) is 6.02. The Morgan fingerprint density at radius 2 is 1.74 bits per heavy atom. The van der Waals surface area contributed by atoms with Crippen LogP contribution in [0, 0.1) is 13.8 Å². The fraction of sp³-hybridized carbons (Fsp3) is 0.429. The van der Waals surface area contributed by atoms with E-state index in [2.05, 4.69) is 10.6 Å². The average molecular weight is 264 g/mol. The number of amides is 2. The van der Waals surface area contributed by atoms with Crippen LogP contribution >= 0.6 is 0 Å². The zero-order valence-electron chi connectivity index (χ0n) is 11.6. The molecule has 1 aromatic carbocycles. The van der Waals surface area contributed by atoms with E-state index < -0.39 is 0 Å². The van der Waals surface area contributed by atoms with Crippen molar-refractivity contribution < 1.29 is 14.3 Å². The number of rotatable bonds is 6. The lowest BCUT2D eigenvalue weighted by molar-refractivity contribution is -0.120. The van der Waals surface area contributed by atoms with Crippen molar-refractivity contribution in [1.82, 2.24) is 10.6 Å². The Morgan fingerprint density at radius 1 is 1.11 bits per heavy atom. The molecule has 0 aliphatic carbocycles. The fourth-order valence-corrected chi connectivity index (χ4v) is 1.72. The number of aryl methyl sites for hydroxylation is 2. The molecule has 0 bridgehead atoms. The minimum atomic E-state index is -0.242. The molecule has 2 amide bonds. The topological polar surface area (TPSA) is 67.4 Å². The summed E-state index contributed by atoms with van der Waals surface area (Å²) in [5, 5.41) is 5.22. The van der Waals surface area contributed by atoms with E-state index in [-0.39, 0.29) is 18.4 Å². The first-order valence-electron chi connectivity index (χ1n) is 6.15. The van der Waals surface area contributed by atoms with Gasteiger partial charge in [-0.1, -0.05) is 17.2 Å². The molecular weight excluding hydrogens is 244 g/mol. The second-order valence-corrected chi connectivity index (χ2v) is 4.40. The lowest BCUT2D eigenvalue weighted by atomic mass is 10.1. The molecule has 1 aromatic rings. The van der Waals surface area contributed by atoms with Crippen LogP contribution in [0.4, 0.5) is 0 Å².